The molecule has 0 saturated carbocycles. The van der Waals surface area contributed by atoms with Gasteiger partial charge in [0, 0.05) is 28.2 Å². The van der Waals surface area contributed by atoms with Gasteiger partial charge >= 0.3 is 7.82 Å². The van der Waals surface area contributed by atoms with Crippen molar-refractivity contribution in [1.82, 2.24) is 4.98 Å². The van der Waals surface area contributed by atoms with E-state index in [-0.39, 0.29) is 0 Å². The van der Waals surface area contributed by atoms with Crippen LogP contribution in [0.15, 0.2) is 28.9 Å². The molecule has 8 nitrogen and oxygen atoms in total. The van der Waals surface area contributed by atoms with Crippen LogP contribution in [0, 0.1) is 0 Å². The number of ether oxygens (including phenoxy) is 1. The average molecular weight is 436 g/mol. The Morgan fingerprint density at radius 3 is 2.56 bits per heavy atom. The lowest BCUT2D eigenvalue weighted by atomic mass is 10.1. The van der Waals surface area contributed by atoms with Crippen LogP contribution in [0.4, 0.5) is 5.69 Å². The van der Waals surface area contributed by atoms with E-state index in [9.17, 15) is 0 Å². The van der Waals surface area contributed by atoms with E-state index in [4.69, 9.17) is 29.7 Å². The molecule has 10 heteroatoms. The Kier molecular flexibility index (Phi) is 8.78. The highest BCUT2D eigenvalue weighted by Gasteiger charge is 2.09. The summed E-state index contributed by atoms with van der Waals surface area (Å²) < 4.78 is 15.2. The first-order valence-electron chi connectivity index (χ1n) is 7.52. The van der Waals surface area contributed by atoms with Crippen molar-refractivity contribution >= 4 is 40.3 Å². The highest BCUT2D eigenvalue weighted by atomic mass is 79.9. The summed E-state index contributed by atoms with van der Waals surface area (Å²) in [7, 11) is -2.96. The second-order valence-corrected chi connectivity index (χ2v) is 7.33. The zero-order valence-corrected chi connectivity index (χ0v) is 16.5. The maximum Gasteiger partial charge on any atom is 0.466 e. The number of nitrogens with two attached hydrogens (primary N) is 1. The zero-order chi connectivity index (χ0) is 19.0. The quantitative estimate of drug-likeness (QED) is 0.436. The molecule has 2 aromatic rings. The Morgan fingerprint density at radius 1 is 1.36 bits per heavy atom. The number of hydrogen-bond acceptors (Lipinski definition) is 5. The number of hydrogen-bond donors (Lipinski definition) is 5. The van der Waals surface area contributed by atoms with Crippen LogP contribution in [0.3, 0.4) is 0 Å². The lowest BCUT2D eigenvalue weighted by Gasteiger charge is -2.17. The van der Waals surface area contributed by atoms with E-state index in [0.717, 1.165) is 46.2 Å². The fourth-order valence-electron chi connectivity index (χ4n) is 2.19. The lowest BCUT2D eigenvalue weighted by Crippen LogP contribution is -2.17. The van der Waals surface area contributed by atoms with E-state index in [1.807, 2.05) is 24.4 Å². The van der Waals surface area contributed by atoms with Crippen LogP contribution in [0.1, 0.15) is 19.8 Å². The predicted octanol–water partition coefficient (Wildman–Crippen LogP) is 2.62. The number of benzene rings is 1. The summed E-state index contributed by atoms with van der Waals surface area (Å²) in [6, 6.07) is 6.37. The molecule has 0 bridgehead atoms. The van der Waals surface area contributed by atoms with Gasteiger partial charge in [-0.05, 0) is 54.4 Å². The summed E-state index contributed by atoms with van der Waals surface area (Å²) >= 11 is 3.45. The van der Waals surface area contributed by atoms with Crippen LogP contribution in [-0.4, -0.2) is 39.4 Å². The molecule has 1 aromatic heterocycles. The van der Waals surface area contributed by atoms with Crippen molar-refractivity contribution in [2.75, 3.05) is 19.0 Å². The first kappa shape index (κ1) is 21.8. The summed E-state index contributed by atoms with van der Waals surface area (Å²) in [5.41, 5.74) is 7.51. The third-order valence-electron chi connectivity index (χ3n) is 3.20. The van der Waals surface area contributed by atoms with Crippen molar-refractivity contribution < 1.29 is 24.0 Å². The summed E-state index contributed by atoms with van der Waals surface area (Å²) in [5.74, 6) is 0.825. The number of anilines is 1. The Hall–Kier alpha value is -1.22. The van der Waals surface area contributed by atoms with Gasteiger partial charge in [-0.1, -0.05) is 0 Å². The van der Waals surface area contributed by atoms with Gasteiger partial charge in [-0.3, -0.25) is 4.98 Å². The molecule has 0 spiro atoms. The first-order chi connectivity index (χ1) is 11.6. The number of methoxy groups -OCH3 is 1. The maximum absolute atomic E-state index is 8.88. The van der Waals surface area contributed by atoms with E-state index in [1.165, 1.54) is 0 Å². The summed E-state index contributed by atoms with van der Waals surface area (Å²) in [6.07, 6.45) is 3.85. The van der Waals surface area contributed by atoms with Crippen LogP contribution in [0.25, 0.3) is 10.9 Å². The molecule has 0 saturated heterocycles. The van der Waals surface area contributed by atoms with Gasteiger partial charge in [-0.2, -0.15) is 0 Å². The molecule has 6 N–H and O–H groups in total. The number of pyridine rings is 1. The van der Waals surface area contributed by atoms with Gasteiger partial charge in [0.25, 0.3) is 0 Å². The highest BCUT2D eigenvalue weighted by molar-refractivity contribution is 9.10. The first-order valence-corrected chi connectivity index (χ1v) is 9.88. The number of halogens is 1. The van der Waals surface area contributed by atoms with Crippen molar-refractivity contribution in [1.29, 1.82) is 0 Å². The number of fused-ring (bicyclic) bond motifs is 1. The highest BCUT2D eigenvalue weighted by Crippen LogP contribution is 2.30. The van der Waals surface area contributed by atoms with E-state index < -0.39 is 7.82 Å². The van der Waals surface area contributed by atoms with E-state index >= 15 is 0 Å². The van der Waals surface area contributed by atoms with Crippen LogP contribution in [-0.2, 0) is 4.57 Å². The van der Waals surface area contributed by atoms with Gasteiger partial charge in [0.1, 0.15) is 5.75 Å². The van der Waals surface area contributed by atoms with Gasteiger partial charge in [-0.25, -0.2) is 4.57 Å². The number of nitrogens with one attached hydrogen (secondary N) is 1. The molecule has 140 valence electrons. The molecular weight excluding hydrogens is 413 g/mol. The molecule has 1 atom stereocenters. The molecule has 25 heavy (non-hydrogen) atoms. The topological polar surface area (TPSA) is 138 Å². The van der Waals surface area contributed by atoms with Gasteiger partial charge in [0.05, 0.1) is 18.3 Å². The minimum Gasteiger partial charge on any atom is -0.497 e. The molecule has 1 unspecified atom stereocenters. The minimum atomic E-state index is -4.64. The normalized spacial score (nSPS) is 12.3. The lowest BCUT2D eigenvalue weighted by molar-refractivity contribution is 0.275. The van der Waals surface area contributed by atoms with Crippen molar-refractivity contribution in [3.63, 3.8) is 0 Å². The van der Waals surface area contributed by atoms with Crippen molar-refractivity contribution in [3.05, 3.63) is 28.9 Å². The van der Waals surface area contributed by atoms with Crippen LogP contribution < -0.4 is 15.8 Å². The van der Waals surface area contributed by atoms with Crippen LogP contribution in [0.2, 0.25) is 0 Å². The SMILES string of the molecule is COc1cc(NC(C)CCCN)c2ncc(Br)cc2c1.O=P(O)(O)O. The van der Waals surface area contributed by atoms with Gasteiger partial charge in [-0.15, -0.1) is 0 Å². The largest absolute Gasteiger partial charge is 0.497 e. The fraction of sp³-hybridized carbons (Fsp3) is 0.400. The third-order valence-corrected chi connectivity index (χ3v) is 3.64. The number of aromatic nitrogens is 1. The Labute approximate surface area is 154 Å². The van der Waals surface area contributed by atoms with Gasteiger partial charge < -0.3 is 30.5 Å². The van der Waals surface area contributed by atoms with Crippen LogP contribution >= 0.6 is 23.8 Å². The minimum absolute atomic E-state index is 0.347. The second-order valence-electron chi connectivity index (χ2n) is 5.39. The predicted molar refractivity (Wildman–Crippen MR) is 102 cm³/mol. The number of rotatable bonds is 6. The number of nitrogens with zero attached hydrogens (tertiary/aromatic N) is 1. The van der Waals surface area contributed by atoms with Crippen molar-refractivity contribution in [3.8, 4) is 5.75 Å². The maximum atomic E-state index is 8.88. The molecule has 1 aromatic carbocycles. The van der Waals surface area contributed by atoms with Gasteiger partial charge in [0.2, 0.25) is 0 Å². The molecule has 0 amide bonds. The standard InChI is InChI=1S/C15H20BrN3O.H3O4P/c1-10(4-3-5-17)19-14-8-13(20-2)7-11-6-12(16)9-18-15(11)14;1-5(2,3)4/h6-10,19H,3-5,17H2,1-2H3;(H3,1,2,3,4). The average Bonchev–Trinajstić information content (AvgIpc) is 2.50. The van der Waals surface area contributed by atoms with E-state index in [1.54, 1.807) is 7.11 Å². The van der Waals surface area contributed by atoms with Gasteiger partial charge in [0.15, 0.2) is 0 Å². The number of phosphoric acid groups is 1. The Morgan fingerprint density at radius 2 is 2.00 bits per heavy atom. The molecule has 0 fully saturated rings. The summed E-state index contributed by atoms with van der Waals surface area (Å²) in [4.78, 5) is 26.1. The molecule has 0 aliphatic carbocycles. The monoisotopic (exact) mass is 435 g/mol. The molecule has 0 aliphatic heterocycles. The summed E-state index contributed by atoms with van der Waals surface area (Å²) in [6.45, 7) is 2.87. The molecule has 1 heterocycles. The van der Waals surface area contributed by atoms with E-state index in [2.05, 4.69) is 33.2 Å². The smallest absolute Gasteiger partial charge is 0.466 e. The van der Waals surface area contributed by atoms with E-state index in [0.29, 0.717) is 6.04 Å². The van der Waals surface area contributed by atoms with Crippen molar-refractivity contribution in [2.24, 2.45) is 5.73 Å². The molecule has 2 rings (SSSR count). The zero-order valence-electron chi connectivity index (χ0n) is 14.0. The Bertz CT molecular complexity index is 732. The Balaban J connectivity index is 0.000000550. The molecule has 0 radical (unpaired) electrons. The molecular formula is C15H23BrN3O5P. The van der Waals surface area contributed by atoms with Crippen molar-refractivity contribution in [2.45, 2.75) is 25.8 Å². The third kappa shape index (κ3) is 8.62. The second kappa shape index (κ2) is 10.1. The van der Waals surface area contributed by atoms with Crippen LogP contribution in [0.5, 0.6) is 5.75 Å². The molecule has 0 aliphatic rings. The fourth-order valence-corrected chi connectivity index (χ4v) is 2.53. The summed E-state index contributed by atoms with van der Waals surface area (Å²) in [5, 5.41) is 4.55.